The van der Waals surface area contributed by atoms with Gasteiger partial charge in [0.15, 0.2) is 0 Å². The molecule has 1 fully saturated rings. The van der Waals surface area contributed by atoms with E-state index in [1.54, 1.807) is 4.68 Å². The van der Waals surface area contributed by atoms with Crippen molar-refractivity contribution >= 4 is 6.08 Å². The van der Waals surface area contributed by atoms with E-state index in [1.807, 2.05) is 6.20 Å². The highest BCUT2D eigenvalue weighted by molar-refractivity contribution is 5.54. The van der Waals surface area contributed by atoms with Gasteiger partial charge in [-0.2, -0.15) is 5.10 Å². The number of allylic oxidation sites excluding steroid dienone is 1. The molecule has 0 saturated carbocycles. The largest absolute Gasteiger partial charge is 0.394 e. The van der Waals surface area contributed by atoms with Gasteiger partial charge < -0.3 is 15.5 Å². The van der Waals surface area contributed by atoms with Crippen LogP contribution in [0.5, 0.6) is 0 Å². The second-order valence-corrected chi connectivity index (χ2v) is 5.64. The summed E-state index contributed by atoms with van der Waals surface area (Å²) in [6.45, 7) is 1.97. The molecule has 2 aliphatic rings. The van der Waals surface area contributed by atoms with Crippen LogP contribution in [0.25, 0.3) is 6.08 Å². The van der Waals surface area contributed by atoms with Crippen LogP contribution in [0.3, 0.4) is 0 Å². The third kappa shape index (κ3) is 2.22. The number of fused-ring (bicyclic) bond motifs is 1. The quantitative estimate of drug-likeness (QED) is 0.736. The summed E-state index contributed by atoms with van der Waals surface area (Å²) < 4.78 is 1.75. The molecule has 0 radical (unpaired) electrons. The average Bonchev–Trinajstić information content (AvgIpc) is 2.84. The predicted octanol–water partition coefficient (Wildman–Crippen LogP) is 0.348. The van der Waals surface area contributed by atoms with Crippen molar-refractivity contribution in [1.82, 2.24) is 15.1 Å². The molecule has 5 heteroatoms. The maximum Gasteiger partial charge on any atom is 0.0986 e. The van der Waals surface area contributed by atoms with Crippen LogP contribution in [0.1, 0.15) is 30.1 Å². The molecule has 0 amide bonds. The van der Waals surface area contributed by atoms with Gasteiger partial charge in [0, 0.05) is 0 Å². The molecule has 0 aromatic carbocycles. The Morgan fingerprint density at radius 2 is 2.05 bits per heavy atom. The molecule has 1 saturated heterocycles. The second kappa shape index (κ2) is 5.07. The fourth-order valence-corrected chi connectivity index (χ4v) is 3.19. The van der Waals surface area contributed by atoms with E-state index in [2.05, 4.69) is 22.6 Å². The Labute approximate surface area is 112 Å². The van der Waals surface area contributed by atoms with Crippen molar-refractivity contribution in [1.29, 1.82) is 0 Å². The minimum absolute atomic E-state index is 0.0898. The Hall–Kier alpha value is -1.17. The van der Waals surface area contributed by atoms with Gasteiger partial charge in [0.05, 0.1) is 31.1 Å². The number of rotatable bonds is 3. The molecule has 104 valence electrons. The zero-order valence-electron chi connectivity index (χ0n) is 11.0. The third-order valence-electron chi connectivity index (χ3n) is 4.42. The first-order valence-corrected chi connectivity index (χ1v) is 6.96. The lowest BCUT2D eigenvalue weighted by Crippen LogP contribution is -2.38. The van der Waals surface area contributed by atoms with Crippen LogP contribution in [0, 0.1) is 5.41 Å². The number of nitrogens with zero attached hydrogens (tertiary/aromatic N) is 2. The van der Waals surface area contributed by atoms with Crippen LogP contribution in [-0.4, -0.2) is 46.3 Å². The van der Waals surface area contributed by atoms with Crippen LogP contribution >= 0.6 is 0 Å². The van der Waals surface area contributed by atoms with Gasteiger partial charge in [-0.3, -0.25) is 4.68 Å². The Kier molecular flexibility index (Phi) is 3.43. The van der Waals surface area contributed by atoms with Gasteiger partial charge in [0.25, 0.3) is 0 Å². The van der Waals surface area contributed by atoms with E-state index in [0.29, 0.717) is 0 Å². The zero-order chi connectivity index (χ0) is 13.3. The number of hydrogen-bond acceptors (Lipinski definition) is 4. The van der Waals surface area contributed by atoms with E-state index in [-0.39, 0.29) is 24.7 Å². The molecule has 0 bridgehead atoms. The number of piperidine rings is 1. The normalized spacial score (nSPS) is 21.0. The number of nitrogens with one attached hydrogen (secondary N) is 1. The van der Waals surface area contributed by atoms with Crippen LogP contribution in [0.2, 0.25) is 0 Å². The van der Waals surface area contributed by atoms with E-state index < -0.39 is 0 Å². The smallest absolute Gasteiger partial charge is 0.0986 e. The van der Waals surface area contributed by atoms with Gasteiger partial charge >= 0.3 is 0 Å². The lowest BCUT2D eigenvalue weighted by atomic mass is 9.72. The van der Waals surface area contributed by atoms with Crippen molar-refractivity contribution in [3.8, 4) is 0 Å². The Balaban J connectivity index is 1.88. The summed E-state index contributed by atoms with van der Waals surface area (Å²) in [5.41, 5.74) is 2.55. The molecule has 19 heavy (non-hydrogen) atoms. The predicted molar refractivity (Wildman–Crippen MR) is 72.7 cm³/mol. The maximum atomic E-state index is 9.29. The highest BCUT2D eigenvalue weighted by atomic mass is 16.3. The zero-order valence-corrected chi connectivity index (χ0v) is 11.0. The van der Waals surface area contributed by atoms with Crippen molar-refractivity contribution in [3.05, 3.63) is 23.5 Å². The molecule has 1 aliphatic carbocycles. The van der Waals surface area contributed by atoms with Crippen LogP contribution in [-0.2, 0) is 6.42 Å². The van der Waals surface area contributed by atoms with Gasteiger partial charge in [-0.25, -0.2) is 0 Å². The molecular weight excluding hydrogens is 242 g/mol. The van der Waals surface area contributed by atoms with Crippen molar-refractivity contribution in [2.45, 2.75) is 25.3 Å². The van der Waals surface area contributed by atoms with Crippen molar-refractivity contribution in [2.24, 2.45) is 5.41 Å². The highest BCUT2D eigenvalue weighted by Gasteiger charge is 2.34. The van der Waals surface area contributed by atoms with Crippen molar-refractivity contribution < 1.29 is 10.2 Å². The molecule has 1 spiro atoms. The molecule has 3 rings (SSSR count). The summed E-state index contributed by atoms with van der Waals surface area (Å²) in [6, 6.07) is -0.338. The number of hydrogen-bond donors (Lipinski definition) is 3. The minimum Gasteiger partial charge on any atom is -0.394 e. The molecule has 1 aliphatic heterocycles. The molecule has 2 heterocycles. The summed E-state index contributed by atoms with van der Waals surface area (Å²) in [5.74, 6) is 0. The molecule has 0 unspecified atom stereocenters. The summed E-state index contributed by atoms with van der Waals surface area (Å²) in [6.07, 6.45) is 9.66. The lowest BCUT2D eigenvalue weighted by Gasteiger charge is -2.37. The first-order chi connectivity index (χ1) is 9.28. The Morgan fingerprint density at radius 1 is 1.32 bits per heavy atom. The van der Waals surface area contributed by atoms with E-state index in [0.717, 1.165) is 38.0 Å². The number of aliphatic hydroxyl groups is 2. The summed E-state index contributed by atoms with van der Waals surface area (Å²) in [5, 5.41) is 26.3. The topological polar surface area (TPSA) is 70.3 Å². The fourth-order valence-electron chi connectivity index (χ4n) is 3.19. The first kappa shape index (κ1) is 12.8. The summed E-state index contributed by atoms with van der Waals surface area (Å²) in [7, 11) is 0. The molecule has 5 nitrogen and oxygen atoms in total. The van der Waals surface area contributed by atoms with Crippen LogP contribution in [0.15, 0.2) is 12.3 Å². The SMILES string of the molecule is OCC(CO)n1ncc2c1C=CC1(CCNCC1)C2. The van der Waals surface area contributed by atoms with Crippen LogP contribution < -0.4 is 5.32 Å². The lowest BCUT2D eigenvalue weighted by molar-refractivity contribution is 0.145. The molecule has 3 N–H and O–H groups in total. The van der Waals surface area contributed by atoms with Gasteiger partial charge in [0.2, 0.25) is 0 Å². The van der Waals surface area contributed by atoms with Gasteiger partial charge in [-0.1, -0.05) is 6.08 Å². The van der Waals surface area contributed by atoms with Crippen molar-refractivity contribution in [3.63, 3.8) is 0 Å². The van der Waals surface area contributed by atoms with E-state index >= 15 is 0 Å². The van der Waals surface area contributed by atoms with Gasteiger partial charge in [-0.05, 0) is 49.4 Å². The monoisotopic (exact) mass is 263 g/mol. The molecule has 1 aromatic rings. The highest BCUT2D eigenvalue weighted by Crippen LogP contribution is 2.39. The van der Waals surface area contributed by atoms with Gasteiger partial charge in [-0.15, -0.1) is 0 Å². The first-order valence-electron chi connectivity index (χ1n) is 6.96. The molecule has 1 aromatic heterocycles. The van der Waals surface area contributed by atoms with Crippen molar-refractivity contribution in [2.75, 3.05) is 26.3 Å². The van der Waals surface area contributed by atoms with E-state index in [1.165, 1.54) is 5.56 Å². The summed E-state index contributed by atoms with van der Waals surface area (Å²) in [4.78, 5) is 0. The Bertz CT molecular complexity index is 471. The minimum atomic E-state index is -0.338. The van der Waals surface area contributed by atoms with Gasteiger partial charge in [0.1, 0.15) is 0 Å². The Morgan fingerprint density at radius 3 is 2.74 bits per heavy atom. The number of aromatic nitrogens is 2. The average molecular weight is 263 g/mol. The van der Waals surface area contributed by atoms with E-state index in [4.69, 9.17) is 0 Å². The second-order valence-electron chi connectivity index (χ2n) is 5.64. The summed E-state index contributed by atoms with van der Waals surface area (Å²) >= 11 is 0. The standard InChI is InChI=1S/C14H21N3O2/c18-9-12(10-19)17-13-1-2-14(3-5-15-6-4-14)7-11(13)8-16-17/h1-2,8,12,15,18-19H,3-7,9-10H2. The fraction of sp³-hybridized carbons (Fsp3) is 0.643. The molecular formula is C14H21N3O2. The molecule has 0 atom stereocenters. The van der Waals surface area contributed by atoms with Crippen LogP contribution in [0.4, 0.5) is 0 Å². The van der Waals surface area contributed by atoms with E-state index in [9.17, 15) is 10.2 Å². The number of aliphatic hydroxyl groups excluding tert-OH is 2. The maximum absolute atomic E-state index is 9.29. The third-order valence-corrected chi connectivity index (χ3v) is 4.42.